The molecule has 2 saturated heterocycles. The maximum absolute atomic E-state index is 12.2. The first kappa shape index (κ1) is 24.2. The molecule has 0 spiro atoms. The Morgan fingerprint density at radius 1 is 0.917 bits per heavy atom. The molecule has 0 radical (unpaired) electrons. The highest BCUT2D eigenvalue weighted by Gasteiger charge is 2.19. The number of rotatable bonds is 8. The van der Waals surface area contributed by atoms with Gasteiger partial charge >= 0.3 is 0 Å². The van der Waals surface area contributed by atoms with Crippen molar-refractivity contribution in [2.75, 3.05) is 62.8 Å². The zero-order chi connectivity index (χ0) is 24.7. The lowest BCUT2D eigenvalue weighted by Crippen LogP contribution is -2.47. The fraction of sp³-hybridized carbons (Fsp3) is 0.345. The lowest BCUT2D eigenvalue weighted by Gasteiger charge is -2.31. The number of methoxy groups -OCH3 is 1. The fourth-order valence-electron chi connectivity index (χ4n) is 4.78. The molecule has 2 heterocycles. The topological polar surface area (TPSA) is 57.3 Å². The second kappa shape index (κ2) is 11.5. The summed E-state index contributed by atoms with van der Waals surface area (Å²) in [6.07, 6.45) is 0. The summed E-state index contributed by atoms with van der Waals surface area (Å²) < 4.78 is 11.0. The van der Waals surface area contributed by atoms with Crippen LogP contribution in [0.1, 0.15) is 11.1 Å². The van der Waals surface area contributed by atoms with Crippen LogP contribution in [0.5, 0.6) is 5.75 Å². The number of benzene rings is 3. The number of nitrogens with one attached hydrogen (secondary N) is 1. The molecule has 2 aliphatic rings. The van der Waals surface area contributed by atoms with E-state index in [1.165, 1.54) is 11.3 Å². The molecule has 0 aliphatic carbocycles. The summed E-state index contributed by atoms with van der Waals surface area (Å²) in [5, 5.41) is 3.13. The van der Waals surface area contributed by atoms with Crippen molar-refractivity contribution in [3.63, 3.8) is 0 Å². The maximum atomic E-state index is 12.2. The van der Waals surface area contributed by atoms with Crippen molar-refractivity contribution in [2.45, 2.75) is 13.1 Å². The second-order valence-corrected chi connectivity index (χ2v) is 9.22. The van der Waals surface area contributed by atoms with Crippen LogP contribution in [-0.4, -0.2) is 63.9 Å². The molecule has 0 aromatic heterocycles. The zero-order valence-electron chi connectivity index (χ0n) is 20.9. The third-order valence-corrected chi connectivity index (χ3v) is 6.80. The van der Waals surface area contributed by atoms with E-state index in [-0.39, 0.29) is 5.91 Å². The van der Waals surface area contributed by atoms with Crippen LogP contribution in [0, 0.1) is 0 Å². The second-order valence-electron chi connectivity index (χ2n) is 9.22. The third-order valence-electron chi connectivity index (χ3n) is 6.80. The van der Waals surface area contributed by atoms with Gasteiger partial charge in [-0.2, -0.15) is 0 Å². The standard InChI is InChI=1S/C29H34N4O3/c1-35-28-7-2-4-24(18-28)22-33(27-6-3-5-26(19-27)31-14-16-36-17-15-31)25-10-8-23(9-11-25)21-32-13-12-30-20-29(32)34/h2-11,18-19,30H,12-17,20-22H2,1H3. The summed E-state index contributed by atoms with van der Waals surface area (Å²) in [4.78, 5) is 18.8. The summed E-state index contributed by atoms with van der Waals surface area (Å²) in [6.45, 7) is 6.68. The Morgan fingerprint density at radius 2 is 1.72 bits per heavy atom. The highest BCUT2D eigenvalue weighted by atomic mass is 16.5. The zero-order valence-corrected chi connectivity index (χ0v) is 20.9. The number of hydrogen-bond donors (Lipinski definition) is 1. The van der Waals surface area contributed by atoms with Crippen LogP contribution in [0.3, 0.4) is 0 Å². The van der Waals surface area contributed by atoms with Gasteiger partial charge in [0.15, 0.2) is 0 Å². The van der Waals surface area contributed by atoms with Crippen LogP contribution < -0.4 is 19.9 Å². The van der Waals surface area contributed by atoms with Crippen LogP contribution in [0.2, 0.25) is 0 Å². The lowest BCUT2D eigenvalue weighted by atomic mass is 10.1. The molecule has 0 atom stereocenters. The average molecular weight is 487 g/mol. The maximum Gasteiger partial charge on any atom is 0.236 e. The molecule has 1 amide bonds. The highest BCUT2D eigenvalue weighted by Crippen LogP contribution is 2.32. The summed E-state index contributed by atoms with van der Waals surface area (Å²) in [6, 6.07) is 25.5. The Morgan fingerprint density at radius 3 is 2.50 bits per heavy atom. The quantitative estimate of drug-likeness (QED) is 0.523. The van der Waals surface area contributed by atoms with Gasteiger partial charge in [0, 0.05) is 56.3 Å². The first-order valence-electron chi connectivity index (χ1n) is 12.6. The number of anilines is 3. The van der Waals surface area contributed by atoms with Gasteiger partial charge in [-0.05, 0) is 53.6 Å². The van der Waals surface area contributed by atoms with Gasteiger partial charge in [-0.25, -0.2) is 0 Å². The smallest absolute Gasteiger partial charge is 0.236 e. The molecular weight excluding hydrogens is 452 g/mol. The van der Waals surface area contributed by atoms with Crippen LogP contribution in [-0.2, 0) is 22.6 Å². The van der Waals surface area contributed by atoms with E-state index in [4.69, 9.17) is 9.47 Å². The molecule has 2 fully saturated rings. The van der Waals surface area contributed by atoms with Crippen LogP contribution in [0.4, 0.5) is 17.1 Å². The van der Waals surface area contributed by atoms with Crippen LogP contribution in [0.25, 0.3) is 0 Å². The summed E-state index contributed by atoms with van der Waals surface area (Å²) >= 11 is 0. The number of piperazine rings is 1. The Balaban J connectivity index is 1.42. The molecule has 7 heteroatoms. The molecule has 36 heavy (non-hydrogen) atoms. The Hall–Kier alpha value is -3.55. The van der Waals surface area contributed by atoms with Crippen molar-refractivity contribution in [1.29, 1.82) is 0 Å². The van der Waals surface area contributed by atoms with Crippen LogP contribution in [0.15, 0.2) is 72.8 Å². The van der Waals surface area contributed by atoms with Gasteiger partial charge < -0.3 is 29.5 Å². The number of morpholine rings is 1. The number of carbonyl (C=O) groups excluding carboxylic acids is 1. The molecule has 188 valence electrons. The summed E-state index contributed by atoms with van der Waals surface area (Å²) in [7, 11) is 1.70. The largest absolute Gasteiger partial charge is 0.497 e. The predicted octanol–water partition coefficient (Wildman–Crippen LogP) is 3.80. The SMILES string of the molecule is COc1cccc(CN(c2ccc(CN3CCNCC3=O)cc2)c2cccc(N3CCOCC3)c2)c1. The van der Waals surface area contributed by atoms with Gasteiger partial charge in [-0.15, -0.1) is 0 Å². The van der Waals surface area contributed by atoms with E-state index in [0.29, 0.717) is 19.6 Å². The molecule has 3 aromatic carbocycles. The van der Waals surface area contributed by atoms with Crippen molar-refractivity contribution in [3.05, 3.63) is 83.9 Å². The van der Waals surface area contributed by atoms with Gasteiger partial charge in [0.1, 0.15) is 5.75 Å². The van der Waals surface area contributed by atoms with Crippen molar-refractivity contribution >= 4 is 23.0 Å². The Kier molecular flexibility index (Phi) is 7.69. The van der Waals surface area contributed by atoms with E-state index in [9.17, 15) is 4.79 Å². The molecule has 0 saturated carbocycles. The highest BCUT2D eigenvalue weighted by molar-refractivity contribution is 5.79. The van der Waals surface area contributed by atoms with E-state index >= 15 is 0 Å². The normalized spacial score (nSPS) is 16.2. The fourth-order valence-corrected chi connectivity index (χ4v) is 4.78. The number of carbonyl (C=O) groups is 1. The molecular formula is C29H34N4O3. The van der Waals surface area contributed by atoms with E-state index in [1.807, 2.05) is 17.0 Å². The summed E-state index contributed by atoms with van der Waals surface area (Å²) in [5.41, 5.74) is 5.75. The molecule has 2 aliphatic heterocycles. The van der Waals surface area contributed by atoms with E-state index < -0.39 is 0 Å². The average Bonchev–Trinajstić information content (AvgIpc) is 2.94. The molecule has 7 nitrogen and oxygen atoms in total. The predicted molar refractivity (Wildman–Crippen MR) is 143 cm³/mol. The Labute approximate surface area is 213 Å². The number of amides is 1. The first-order chi connectivity index (χ1) is 17.7. The molecule has 0 unspecified atom stereocenters. The van der Waals surface area contributed by atoms with E-state index in [0.717, 1.165) is 62.1 Å². The van der Waals surface area contributed by atoms with Gasteiger partial charge in [0.25, 0.3) is 0 Å². The van der Waals surface area contributed by atoms with Gasteiger partial charge in [-0.1, -0.05) is 30.3 Å². The Bertz CT molecular complexity index is 1160. The monoisotopic (exact) mass is 486 g/mol. The third kappa shape index (κ3) is 5.80. The van der Waals surface area contributed by atoms with Crippen molar-refractivity contribution in [2.24, 2.45) is 0 Å². The first-order valence-corrected chi connectivity index (χ1v) is 12.6. The van der Waals surface area contributed by atoms with Gasteiger partial charge in [0.05, 0.1) is 26.9 Å². The van der Waals surface area contributed by atoms with Crippen molar-refractivity contribution in [1.82, 2.24) is 10.2 Å². The van der Waals surface area contributed by atoms with Crippen LogP contribution >= 0.6 is 0 Å². The van der Waals surface area contributed by atoms with Gasteiger partial charge in [0.2, 0.25) is 5.91 Å². The minimum atomic E-state index is 0.157. The molecule has 3 aromatic rings. The number of hydrogen-bond acceptors (Lipinski definition) is 6. The minimum absolute atomic E-state index is 0.157. The molecule has 5 rings (SSSR count). The molecule has 1 N–H and O–H groups in total. The minimum Gasteiger partial charge on any atom is -0.497 e. The molecule has 0 bridgehead atoms. The summed E-state index contributed by atoms with van der Waals surface area (Å²) in [5.74, 6) is 1.01. The van der Waals surface area contributed by atoms with E-state index in [2.05, 4.69) is 75.8 Å². The van der Waals surface area contributed by atoms with Gasteiger partial charge in [-0.3, -0.25) is 4.79 Å². The number of ether oxygens (including phenoxy) is 2. The van der Waals surface area contributed by atoms with Crippen molar-refractivity contribution < 1.29 is 14.3 Å². The van der Waals surface area contributed by atoms with Crippen molar-refractivity contribution in [3.8, 4) is 5.75 Å². The number of nitrogens with zero attached hydrogens (tertiary/aromatic N) is 3. The van der Waals surface area contributed by atoms with E-state index in [1.54, 1.807) is 7.11 Å². The lowest BCUT2D eigenvalue weighted by molar-refractivity contribution is -0.132.